The molecule has 1 atom stereocenters. The van der Waals surface area contributed by atoms with Gasteiger partial charge in [-0.15, -0.1) is 11.3 Å². The zero-order valence-electron chi connectivity index (χ0n) is 17.0. The first kappa shape index (κ1) is 22.3. The van der Waals surface area contributed by atoms with Crippen LogP contribution < -0.4 is 10.1 Å². The van der Waals surface area contributed by atoms with E-state index < -0.39 is 11.7 Å². The lowest BCUT2D eigenvalue weighted by Crippen LogP contribution is -2.31. The molecule has 0 spiro atoms. The Morgan fingerprint density at radius 2 is 1.97 bits per heavy atom. The molecule has 32 heavy (non-hydrogen) atoms. The highest BCUT2D eigenvalue weighted by Crippen LogP contribution is 2.35. The Balaban J connectivity index is 1.47. The predicted molar refractivity (Wildman–Crippen MR) is 115 cm³/mol. The Hall–Kier alpha value is -2.91. The SMILES string of the molecule is O=C(NC[C@@H]1CCCO1)c1csc(-c2ccccc2OCc2ccccc2C(F)(F)F)n1. The standard InChI is InChI=1S/C23H21F3N2O3S/c24-23(25,26)18-9-3-1-6-15(18)13-31-20-10-4-2-8-17(20)22-28-19(14-32-22)21(29)27-12-16-7-5-11-30-16/h1-4,6,8-10,14,16H,5,7,11-13H2,(H,27,29)/t16-/m0/s1. The van der Waals surface area contributed by atoms with E-state index >= 15 is 0 Å². The van der Waals surface area contributed by atoms with Gasteiger partial charge in [-0.1, -0.05) is 30.3 Å². The van der Waals surface area contributed by atoms with Crippen LogP contribution in [-0.2, 0) is 17.5 Å². The van der Waals surface area contributed by atoms with Gasteiger partial charge in [-0.2, -0.15) is 13.2 Å². The molecule has 4 rings (SSSR count). The van der Waals surface area contributed by atoms with Crippen molar-refractivity contribution in [1.82, 2.24) is 10.3 Å². The highest BCUT2D eigenvalue weighted by Gasteiger charge is 2.33. The number of thiazole rings is 1. The zero-order chi connectivity index (χ0) is 22.6. The Morgan fingerprint density at radius 1 is 1.19 bits per heavy atom. The summed E-state index contributed by atoms with van der Waals surface area (Å²) in [5, 5.41) is 5.03. The molecule has 1 N–H and O–H groups in total. The van der Waals surface area contributed by atoms with Gasteiger partial charge in [0.2, 0.25) is 0 Å². The number of amides is 1. The molecule has 0 bridgehead atoms. The molecule has 0 radical (unpaired) electrons. The molecule has 0 aliphatic carbocycles. The Morgan fingerprint density at radius 3 is 2.75 bits per heavy atom. The lowest BCUT2D eigenvalue weighted by Gasteiger charge is -2.14. The lowest BCUT2D eigenvalue weighted by molar-refractivity contribution is -0.138. The summed E-state index contributed by atoms with van der Waals surface area (Å²) in [5.74, 6) is 0.102. The smallest absolute Gasteiger partial charge is 0.416 e. The number of ether oxygens (including phenoxy) is 2. The molecule has 1 aliphatic rings. The Kier molecular flexibility index (Phi) is 6.76. The fraction of sp³-hybridized carbons (Fsp3) is 0.304. The van der Waals surface area contributed by atoms with E-state index in [0.717, 1.165) is 18.9 Å². The van der Waals surface area contributed by atoms with Crippen molar-refractivity contribution in [3.63, 3.8) is 0 Å². The second kappa shape index (κ2) is 9.70. The van der Waals surface area contributed by atoms with E-state index in [2.05, 4.69) is 10.3 Å². The quantitative estimate of drug-likeness (QED) is 0.517. The van der Waals surface area contributed by atoms with Crippen molar-refractivity contribution in [3.05, 3.63) is 70.7 Å². The summed E-state index contributed by atoms with van der Waals surface area (Å²) in [5.41, 5.74) is 0.209. The maximum Gasteiger partial charge on any atom is 0.416 e. The number of halogens is 3. The molecule has 5 nitrogen and oxygen atoms in total. The van der Waals surface area contributed by atoms with Crippen molar-refractivity contribution in [1.29, 1.82) is 0 Å². The minimum absolute atomic E-state index is 0.0331. The van der Waals surface area contributed by atoms with E-state index in [0.29, 0.717) is 29.5 Å². The number of benzene rings is 2. The minimum atomic E-state index is -4.46. The van der Waals surface area contributed by atoms with Gasteiger partial charge in [0, 0.05) is 24.1 Å². The summed E-state index contributed by atoms with van der Waals surface area (Å²) < 4.78 is 51.0. The molecule has 2 aromatic carbocycles. The highest BCUT2D eigenvalue weighted by molar-refractivity contribution is 7.13. The molecule has 1 amide bonds. The first-order valence-electron chi connectivity index (χ1n) is 10.1. The summed E-state index contributed by atoms with van der Waals surface area (Å²) in [6, 6.07) is 12.3. The molecule has 1 aliphatic heterocycles. The van der Waals surface area contributed by atoms with Gasteiger partial charge < -0.3 is 14.8 Å². The first-order valence-corrected chi connectivity index (χ1v) is 11.0. The molecule has 2 heterocycles. The number of nitrogens with one attached hydrogen (secondary N) is 1. The van der Waals surface area contributed by atoms with E-state index in [4.69, 9.17) is 9.47 Å². The number of aromatic nitrogens is 1. The molecule has 3 aromatic rings. The maximum absolute atomic E-state index is 13.2. The number of hydrogen-bond donors (Lipinski definition) is 1. The third kappa shape index (κ3) is 5.28. The summed E-state index contributed by atoms with van der Waals surface area (Å²) in [7, 11) is 0. The maximum atomic E-state index is 13.2. The van der Waals surface area contributed by atoms with Gasteiger partial charge in [0.05, 0.1) is 17.2 Å². The highest BCUT2D eigenvalue weighted by atomic mass is 32.1. The van der Waals surface area contributed by atoms with Crippen LogP contribution in [0.1, 0.15) is 34.5 Å². The van der Waals surface area contributed by atoms with Gasteiger partial charge in [-0.25, -0.2) is 4.98 Å². The molecule has 1 saturated heterocycles. The average Bonchev–Trinajstić information content (AvgIpc) is 3.48. The number of nitrogens with zero attached hydrogens (tertiary/aromatic N) is 1. The second-order valence-corrected chi connectivity index (χ2v) is 8.18. The molecular formula is C23H21F3N2O3S. The molecule has 9 heteroatoms. The Bertz CT molecular complexity index is 1080. The predicted octanol–water partition coefficient (Wildman–Crippen LogP) is 5.32. The molecule has 1 fully saturated rings. The fourth-order valence-electron chi connectivity index (χ4n) is 3.45. The molecule has 1 aromatic heterocycles. The summed E-state index contributed by atoms with van der Waals surface area (Å²) in [6.07, 6.45) is -2.51. The van der Waals surface area contributed by atoms with Gasteiger partial charge in [-0.3, -0.25) is 4.79 Å². The van der Waals surface area contributed by atoms with Crippen molar-refractivity contribution >= 4 is 17.2 Å². The monoisotopic (exact) mass is 462 g/mol. The van der Waals surface area contributed by atoms with E-state index in [1.54, 1.807) is 35.7 Å². The summed E-state index contributed by atoms with van der Waals surface area (Å²) >= 11 is 1.27. The van der Waals surface area contributed by atoms with Crippen LogP contribution in [0.4, 0.5) is 13.2 Å². The van der Waals surface area contributed by atoms with Crippen molar-refractivity contribution in [2.45, 2.75) is 31.7 Å². The van der Waals surface area contributed by atoms with Crippen LogP contribution in [0.2, 0.25) is 0 Å². The zero-order valence-corrected chi connectivity index (χ0v) is 17.8. The minimum Gasteiger partial charge on any atom is -0.488 e. The van der Waals surface area contributed by atoms with Crippen LogP contribution in [0.3, 0.4) is 0 Å². The number of alkyl halides is 3. The number of carbonyl (C=O) groups is 1. The topological polar surface area (TPSA) is 60.5 Å². The fourth-order valence-corrected chi connectivity index (χ4v) is 4.28. The molecule has 168 valence electrons. The van der Waals surface area contributed by atoms with Gasteiger partial charge in [-0.05, 0) is 31.0 Å². The van der Waals surface area contributed by atoms with Crippen LogP contribution >= 0.6 is 11.3 Å². The average molecular weight is 462 g/mol. The van der Waals surface area contributed by atoms with Crippen molar-refractivity contribution in [3.8, 4) is 16.3 Å². The molecule has 0 saturated carbocycles. The number of carbonyl (C=O) groups excluding carboxylic acids is 1. The van der Waals surface area contributed by atoms with E-state index in [1.165, 1.54) is 23.5 Å². The van der Waals surface area contributed by atoms with Crippen LogP contribution in [-0.4, -0.2) is 30.1 Å². The van der Waals surface area contributed by atoms with Crippen LogP contribution in [0, 0.1) is 0 Å². The first-order chi connectivity index (χ1) is 15.4. The normalized spacial score (nSPS) is 16.2. The van der Waals surface area contributed by atoms with Crippen molar-refractivity contribution in [2.24, 2.45) is 0 Å². The lowest BCUT2D eigenvalue weighted by atomic mass is 10.1. The van der Waals surface area contributed by atoms with Gasteiger partial charge in [0.15, 0.2) is 0 Å². The van der Waals surface area contributed by atoms with E-state index in [1.807, 2.05) is 0 Å². The van der Waals surface area contributed by atoms with Crippen LogP contribution in [0.15, 0.2) is 53.9 Å². The van der Waals surface area contributed by atoms with Crippen LogP contribution in [0.25, 0.3) is 10.6 Å². The van der Waals surface area contributed by atoms with E-state index in [-0.39, 0.29) is 29.9 Å². The third-order valence-electron chi connectivity index (χ3n) is 5.07. The van der Waals surface area contributed by atoms with Gasteiger partial charge in [0.1, 0.15) is 23.1 Å². The Labute approximate surface area is 187 Å². The van der Waals surface area contributed by atoms with Crippen LogP contribution in [0.5, 0.6) is 5.75 Å². The van der Waals surface area contributed by atoms with Crippen molar-refractivity contribution in [2.75, 3.05) is 13.2 Å². The summed E-state index contributed by atoms with van der Waals surface area (Å²) in [4.78, 5) is 16.8. The number of hydrogen-bond acceptors (Lipinski definition) is 5. The molecular weight excluding hydrogens is 441 g/mol. The second-order valence-electron chi connectivity index (χ2n) is 7.32. The third-order valence-corrected chi connectivity index (χ3v) is 5.95. The summed E-state index contributed by atoms with van der Waals surface area (Å²) in [6.45, 7) is 0.905. The van der Waals surface area contributed by atoms with Gasteiger partial charge >= 0.3 is 6.18 Å². The van der Waals surface area contributed by atoms with Gasteiger partial charge in [0.25, 0.3) is 5.91 Å². The number of para-hydroxylation sites is 1. The largest absolute Gasteiger partial charge is 0.488 e. The number of rotatable bonds is 7. The van der Waals surface area contributed by atoms with Crippen molar-refractivity contribution < 1.29 is 27.4 Å². The molecule has 0 unspecified atom stereocenters. The van der Waals surface area contributed by atoms with E-state index in [9.17, 15) is 18.0 Å².